The van der Waals surface area contributed by atoms with E-state index in [2.05, 4.69) is 20.4 Å². The van der Waals surface area contributed by atoms with Gasteiger partial charge in [-0.15, -0.1) is 0 Å². The number of nitrogens with zero attached hydrogens (tertiary/aromatic N) is 4. The van der Waals surface area contributed by atoms with E-state index in [0.717, 1.165) is 13.1 Å². The molecule has 2 heterocycles. The number of carbonyl (C=O) groups excluding carboxylic acids is 2. The molecule has 0 spiro atoms. The molecule has 1 aromatic rings. The Labute approximate surface area is 142 Å². The average molecular weight is 337 g/mol. The summed E-state index contributed by atoms with van der Waals surface area (Å²) >= 11 is 0. The van der Waals surface area contributed by atoms with Crippen molar-refractivity contribution in [1.29, 1.82) is 0 Å². The van der Waals surface area contributed by atoms with Gasteiger partial charge >= 0.3 is 0 Å². The molecule has 8 heteroatoms. The van der Waals surface area contributed by atoms with Crippen molar-refractivity contribution in [2.75, 3.05) is 33.2 Å². The molecule has 8 nitrogen and oxygen atoms in total. The third-order valence-electron chi connectivity index (χ3n) is 4.04. The number of hydrogen-bond donors (Lipinski definition) is 1. The lowest BCUT2D eigenvalue weighted by Crippen LogP contribution is -2.54. The average Bonchev–Trinajstić information content (AvgIpc) is 2.91. The van der Waals surface area contributed by atoms with Gasteiger partial charge in [-0.05, 0) is 19.4 Å². The predicted octanol–water partition coefficient (Wildman–Crippen LogP) is 0.225. The van der Waals surface area contributed by atoms with Gasteiger partial charge in [0.25, 0.3) is 0 Å². The van der Waals surface area contributed by atoms with Crippen LogP contribution in [0.1, 0.15) is 32.0 Å². The quantitative estimate of drug-likeness (QED) is 0.799. The second-order valence-corrected chi connectivity index (χ2v) is 6.78. The maximum atomic E-state index is 12.8. The fourth-order valence-electron chi connectivity index (χ4n) is 2.74. The summed E-state index contributed by atoms with van der Waals surface area (Å²) in [5.41, 5.74) is 0. The van der Waals surface area contributed by atoms with E-state index in [4.69, 9.17) is 4.52 Å². The molecule has 2 rings (SSSR count). The molecule has 0 saturated carbocycles. The summed E-state index contributed by atoms with van der Waals surface area (Å²) in [6.45, 7) is 8.87. The number of aryl methyl sites for hydroxylation is 1. The molecular weight excluding hydrogens is 310 g/mol. The van der Waals surface area contributed by atoms with E-state index in [1.54, 1.807) is 6.92 Å². The Bertz CT molecular complexity index is 564. The van der Waals surface area contributed by atoms with Gasteiger partial charge in [-0.1, -0.05) is 19.0 Å². The van der Waals surface area contributed by atoms with E-state index in [1.165, 1.54) is 0 Å². The third kappa shape index (κ3) is 5.30. The molecule has 1 unspecified atom stereocenters. The lowest BCUT2D eigenvalue weighted by molar-refractivity contribution is -0.138. The van der Waals surface area contributed by atoms with E-state index in [9.17, 15) is 9.59 Å². The van der Waals surface area contributed by atoms with Crippen LogP contribution in [-0.2, 0) is 16.0 Å². The minimum absolute atomic E-state index is 0.00515. The standard InChI is InChI=1S/C16H27N5O3/c1-11(2)9-13(16(23)21-7-5-20(4)6-8-21)18-15(22)10-14-17-12(3)24-19-14/h11,13H,5-10H2,1-4H3,(H,18,22). The SMILES string of the molecule is Cc1nc(CC(=O)NC(CC(C)C)C(=O)N2CCN(C)CC2)no1. The van der Waals surface area contributed by atoms with Crippen molar-refractivity contribution in [2.45, 2.75) is 39.7 Å². The molecule has 0 aliphatic carbocycles. The number of carbonyl (C=O) groups is 2. The molecule has 1 fully saturated rings. The number of likely N-dealkylation sites (N-methyl/N-ethyl adjacent to an activating group) is 1. The lowest BCUT2D eigenvalue weighted by atomic mass is 10.0. The van der Waals surface area contributed by atoms with Crippen LogP contribution in [0.3, 0.4) is 0 Å². The Morgan fingerprint density at radius 1 is 1.25 bits per heavy atom. The fourth-order valence-corrected chi connectivity index (χ4v) is 2.74. The van der Waals surface area contributed by atoms with E-state index >= 15 is 0 Å². The summed E-state index contributed by atoms with van der Waals surface area (Å²) in [7, 11) is 2.04. The minimum atomic E-state index is -0.506. The summed E-state index contributed by atoms with van der Waals surface area (Å²) in [5, 5.41) is 6.57. The number of amides is 2. The highest BCUT2D eigenvalue weighted by molar-refractivity contribution is 5.88. The number of piperazine rings is 1. The topological polar surface area (TPSA) is 91.6 Å². The molecule has 1 aromatic heterocycles. The number of aromatic nitrogens is 2. The maximum absolute atomic E-state index is 12.8. The summed E-state index contributed by atoms with van der Waals surface area (Å²) in [6, 6.07) is -0.506. The van der Waals surface area contributed by atoms with Gasteiger partial charge in [-0.3, -0.25) is 9.59 Å². The lowest BCUT2D eigenvalue weighted by Gasteiger charge is -2.35. The van der Waals surface area contributed by atoms with Crippen molar-refractivity contribution in [3.8, 4) is 0 Å². The number of nitrogens with one attached hydrogen (secondary N) is 1. The van der Waals surface area contributed by atoms with Gasteiger partial charge in [0, 0.05) is 33.1 Å². The first-order valence-corrected chi connectivity index (χ1v) is 8.41. The van der Waals surface area contributed by atoms with Crippen LogP contribution in [0.25, 0.3) is 0 Å². The normalized spacial score (nSPS) is 17.1. The van der Waals surface area contributed by atoms with Gasteiger partial charge in [0.1, 0.15) is 6.04 Å². The molecule has 1 N–H and O–H groups in total. The molecule has 24 heavy (non-hydrogen) atoms. The van der Waals surface area contributed by atoms with E-state index < -0.39 is 6.04 Å². The van der Waals surface area contributed by atoms with Gasteiger partial charge < -0.3 is 19.6 Å². The van der Waals surface area contributed by atoms with Crippen LogP contribution in [0.5, 0.6) is 0 Å². The van der Waals surface area contributed by atoms with Crippen molar-refractivity contribution in [3.63, 3.8) is 0 Å². The van der Waals surface area contributed by atoms with Crippen LogP contribution in [0.15, 0.2) is 4.52 Å². The van der Waals surface area contributed by atoms with E-state index in [-0.39, 0.29) is 18.2 Å². The Hall–Kier alpha value is -1.96. The summed E-state index contributed by atoms with van der Waals surface area (Å²) in [5.74, 6) is 0.794. The van der Waals surface area contributed by atoms with Crippen molar-refractivity contribution >= 4 is 11.8 Å². The van der Waals surface area contributed by atoms with Crippen LogP contribution in [-0.4, -0.2) is 71.0 Å². The second-order valence-electron chi connectivity index (χ2n) is 6.78. The third-order valence-corrected chi connectivity index (χ3v) is 4.04. The molecule has 0 aromatic carbocycles. The molecule has 2 amide bonds. The summed E-state index contributed by atoms with van der Waals surface area (Å²) in [6.07, 6.45) is 0.629. The molecule has 134 valence electrons. The van der Waals surface area contributed by atoms with Gasteiger partial charge in [0.2, 0.25) is 17.7 Å². The monoisotopic (exact) mass is 337 g/mol. The first-order chi connectivity index (χ1) is 11.3. The zero-order valence-electron chi connectivity index (χ0n) is 14.9. The fraction of sp³-hybridized carbons (Fsp3) is 0.750. The second kappa shape index (κ2) is 8.23. The van der Waals surface area contributed by atoms with Crippen molar-refractivity contribution in [2.24, 2.45) is 5.92 Å². The molecule has 0 bridgehead atoms. The van der Waals surface area contributed by atoms with E-state index in [1.807, 2.05) is 25.8 Å². The highest BCUT2D eigenvalue weighted by Gasteiger charge is 2.28. The van der Waals surface area contributed by atoms with Crippen LogP contribution in [0.4, 0.5) is 0 Å². The zero-order valence-corrected chi connectivity index (χ0v) is 14.9. The highest BCUT2D eigenvalue weighted by atomic mass is 16.5. The molecule has 0 radical (unpaired) electrons. The van der Waals surface area contributed by atoms with Crippen LogP contribution >= 0.6 is 0 Å². The Kier molecular flexibility index (Phi) is 6.30. The largest absolute Gasteiger partial charge is 0.344 e. The van der Waals surface area contributed by atoms with Gasteiger partial charge in [0.05, 0.1) is 6.42 Å². The van der Waals surface area contributed by atoms with Crippen molar-refractivity contribution in [1.82, 2.24) is 25.3 Å². The summed E-state index contributed by atoms with van der Waals surface area (Å²) < 4.78 is 4.87. The predicted molar refractivity (Wildman–Crippen MR) is 88.2 cm³/mol. The number of rotatable bonds is 6. The molecule has 1 aliphatic heterocycles. The van der Waals surface area contributed by atoms with Gasteiger partial charge in [-0.2, -0.15) is 4.98 Å². The van der Waals surface area contributed by atoms with Crippen LogP contribution < -0.4 is 5.32 Å². The number of hydrogen-bond acceptors (Lipinski definition) is 6. The zero-order chi connectivity index (χ0) is 17.7. The summed E-state index contributed by atoms with van der Waals surface area (Å²) in [4.78, 5) is 33.1. The minimum Gasteiger partial charge on any atom is -0.344 e. The van der Waals surface area contributed by atoms with Gasteiger partial charge in [0.15, 0.2) is 5.82 Å². The van der Waals surface area contributed by atoms with Crippen molar-refractivity contribution < 1.29 is 14.1 Å². The maximum Gasteiger partial charge on any atom is 0.245 e. The Balaban J connectivity index is 1.96. The smallest absolute Gasteiger partial charge is 0.245 e. The first-order valence-electron chi connectivity index (χ1n) is 8.41. The Morgan fingerprint density at radius 3 is 2.46 bits per heavy atom. The van der Waals surface area contributed by atoms with Crippen LogP contribution in [0.2, 0.25) is 0 Å². The molecule has 1 saturated heterocycles. The highest BCUT2D eigenvalue weighted by Crippen LogP contribution is 2.10. The molecule has 1 atom stereocenters. The van der Waals surface area contributed by atoms with Gasteiger partial charge in [-0.25, -0.2) is 0 Å². The van der Waals surface area contributed by atoms with Crippen LogP contribution in [0, 0.1) is 12.8 Å². The first kappa shape index (κ1) is 18.4. The molecular formula is C16H27N5O3. The molecule has 1 aliphatic rings. The van der Waals surface area contributed by atoms with Crippen molar-refractivity contribution in [3.05, 3.63) is 11.7 Å². The van der Waals surface area contributed by atoms with E-state index in [0.29, 0.717) is 37.1 Å². The Morgan fingerprint density at radius 2 is 1.92 bits per heavy atom.